The first-order valence-corrected chi connectivity index (χ1v) is 29.2. The zero-order valence-corrected chi connectivity index (χ0v) is 47.6. The molecule has 2 aliphatic heterocycles. The molecule has 6 aliphatic carbocycles. The van der Waals surface area contributed by atoms with E-state index in [9.17, 15) is 4.79 Å². The number of anilines is 1. The van der Waals surface area contributed by atoms with Crippen LogP contribution in [0.15, 0.2) is 76.7 Å². The summed E-state index contributed by atoms with van der Waals surface area (Å²) in [6.45, 7) is 31.9. The fourth-order valence-electron chi connectivity index (χ4n) is 17.5. The summed E-state index contributed by atoms with van der Waals surface area (Å²) in [6.07, 6.45) is 9.72. The molecule has 2 amide bonds. The number of ketones is 1. The molecule has 2 heterocycles. The number of carbonyl (C=O) groups is 4. The summed E-state index contributed by atoms with van der Waals surface area (Å²) in [5.41, 5.74) is 4.89. The highest BCUT2D eigenvalue weighted by molar-refractivity contribution is 6.09. The number of allylic oxidation sites excluding steroid dienone is 2. The fourth-order valence-corrected chi connectivity index (χ4v) is 17.5. The number of fused-ring (bicyclic) bond motifs is 9. The molecule has 2 aromatic carbocycles. The maximum atomic E-state index is 15.9. The highest BCUT2D eigenvalue weighted by Crippen LogP contribution is 2.75. The third kappa shape index (κ3) is 8.24. The minimum absolute atomic E-state index is 0.0220. The van der Waals surface area contributed by atoms with Gasteiger partial charge in [-0.15, -0.1) is 0 Å². The van der Waals surface area contributed by atoms with Crippen molar-refractivity contribution < 1.29 is 28.3 Å². The van der Waals surface area contributed by atoms with Crippen molar-refractivity contribution in [3.63, 3.8) is 0 Å². The Kier molecular flexibility index (Phi) is 13.9. The number of hydrogen-bond donors (Lipinski definition) is 0. The van der Waals surface area contributed by atoms with E-state index in [1.165, 1.54) is 31.8 Å². The average molecular weight is 1020 g/mol. The lowest BCUT2D eigenvalue weighted by Crippen LogP contribution is -2.69. The predicted molar refractivity (Wildman–Crippen MR) is 300 cm³/mol. The first-order chi connectivity index (χ1) is 35.7. The molecule has 5 fully saturated rings. The molecule has 2 aromatic rings. The third-order valence-corrected chi connectivity index (χ3v) is 22.0. The normalized spacial score (nSPS) is 33.6. The van der Waals surface area contributed by atoms with Gasteiger partial charge in [0, 0.05) is 92.0 Å². The molecule has 0 bridgehead atoms. The van der Waals surface area contributed by atoms with Gasteiger partial charge in [0.05, 0.1) is 11.5 Å². The van der Waals surface area contributed by atoms with Gasteiger partial charge in [0.15, 0.2) is 5.78 Å². The molecule has 10 rings (SSSR count). The predicted octanol–water partition coefficient (Wildman–Crippen LogP) is 12.3. The Bertz CT molecular complexity index is 2980. The van der Waals surface area contributed by atoms with E-state index >= 15 is 14.4 Å². The number of carbonyl (C=O) groups excluding carboxylic acids is 4. The lowest BCUT2D eigenvalue weighted by Gasteiger charge is -2.70. The Morgan fingerprint density at radius 1 is 0.787 bits per heavy atom. The summed E-state index contributed by atoms with van der Waals surface area (Å²) in [6, 6.07) is 20.8. The Morgan fingerprint density at radius 2 is 1.51 bits per heavy atom. The maximum absolute atomic E-state index is 15.9. The van der Waals surface area contributed by atoms with Crippen molar-refractivity contribution >= 4 is 40.2 Å². The van der Waals surface area contributed by atoms with Gasteiger partial charge in [0.2, 0.25) is 11.3 Å². The van der Waals surface area contributed by atoms with Crippen LogP contribution in [-0.4, -0.2) is 91.8 Å². The standard InChI is InChI=1S/C65H87N4O6/c1-13-66(14-2)44-22-24-48-52(38-44)75-53-39-45(67(15-3)16-4)23-25-49(53)56(48)46-20-17-18-21-47(46)59(72)68-34-19-35-69(37-36-68)60(73)65(12)54-27-31-64(11)58(62(54,9)30-28-55(65)74-43(7)70)51(71)40-50-57-42(6)41(5)26-29-61(57,8)32-33-63(50,64)10/h17-18,20-25,38-42,54-55,57-58H,13-16,19,26-37H2,1-12H3/q+1/t41-,42+,54-,55-,57+,58-,61-,62+,63-,64-,65-/m1/s1. The molecule has 0 spiro atoms. The Balaban J connectivity index is 0.967. The van der Waals surface area contributed by atoms with Crippen LogP contribution >= 0.6 is 0 Å². The largest absolute Gasteiger partial charge is 0.461 e. The second-order valence-corrected chi connectivity index (χ2v) is 25.4. The molecule has 4 saturated carbocycles. The molecule has 0 aromatic heterocycles. The van der Waals surface area contributed by atoms with E-state index in [4.69, 9.17) is 9.15 Å². The highest BCUT2D eigenvalue weighted by atomic mass is 16.5. The molecule has 402 valence electrons. The topological polar surface area (TPSA) is 103 Å². The van der Waals surface area contributed by atoms with Crippen LogP contribution in [0.5, 0.6) is 0 Å². The highest BCUT2D eigenvalue weighted by Gasteiger charge is 2.72. The third-order valence-electron chi connectivity index (χ3n) is 22.0. The number of benzene rings is 3. The van der Waals surface area contributed by atoms with E-state index in [-0.39, 0.29) is 51.6 Å². The SMILES string of the molecule is CCN(CC)c1ccc2c(-c3ccccc3C(=O)N3CCCN(C(=O)[C@]4(C)[C@@H]5CC[C@]6(C)[C@H](C(=O)C=C7[C@@H]8[C@@H](C)[C@H](C)CC[C@]8(C)CC[C@]76C)[C@@]5(C)CC[C@H]4OC(C)=O)CC3)c3ccc(=[N+](CC)CC)cc-3oc2c1. The van der Waals surface area contributed by atoms with Crippen LogP contribution in [-0.2, 0) is 19.1 Å². The van der Waals surface area contributed by atoms with Crippen molar-refractivity contribution in [3.05, 3.63) is 83.2 Å². The lowest BCUT2D eigenvalue weighted by molar-refractivity contribution is -0.218. The Hall–Kier alpha value is -5.25. The number of amides is 2. The molecule has 75 heavy (non-hydrogen) atoms. The second-order valence-electron chi connectivity index (χ2n) is 25.4. The van der Waals surface area contributed by atoms with Gasteiger partial charge in [-0.05, 0) is 174 Å². The summed E-state index contributed by atoms with van der Waals surface area (Å²) < 4.78 is 15.4. The van der Waals surface area contributed by atoms with Crippen molar-refractivity contribution in [3.8, 4) is 22.5 Å². The Labute approximate surface area is 447 Å². The molecular weight excluding hydrogens is 933 g/mol. The van der Waals surface area contributed by atoms with Crippen molar-refractivity contribution in [1.82, 2.24) is 14.4 Å². The van der Waals surface area contributed by atoms with Crippen LogP contribution in [0.2, 0.25) is 0 Å². The minimum Gasteiger partial charge on any atom is -0.461 e. The number of hydrogen-bond acceptors (Lipinski definition) is 7. The molecule has 10 heteroatoms. The summed E-state index contributed by atoms with van der Waals surface area (Å²) in [7, 11) is 0. The van der Waals surface area contributed by atoms with Gasteiger partial charge in [-0.3, -0.25) is 19.2 Å². The zero-order valence-electron chi connectivity index (χ0n) is 47.6. The van der Waals surface area contributed by atoms with Gasteiger partial charge in [-0.25, -0.2) is 4.58 Å². The van der Waals surface area contributed by atoms with Crippen LogP contribution in [0, 0.1) is 56.7 Å². The molecule has 11 atom stereocenters. The van der Waals surface area contributed by atoms with Gasteiger partial charge in [0.25, 0.3) is 5.91 Å². The van der Waals surface area contributed by atoms with E-state index in [0.29, 0.717) is 68.8 Å². The van der Waals surface area contributed by atoms with Crippen molar-refractivity contribution in [2.75, 3.05) is 57.3 Å². The minimum atomic E-state index is -1.06. The van der Waals surface area contributed by atoms with Crippen LogP contribution in [0.1, 0.15) is 151 Å². The molecule has 0 radical (unpaired) electrons. The molecule has 1 saturated heterocycles. The molecule has 0 unspecified atom stereocenters. The quantitative estimate of drug-likeness (QED) is 0.0934. The summed E-state index contributed by atoms with van der Waals surface area (Å²) in [5.74, 6) is 1.64. The number of rotatable bonds is 9. The summed E-state index contributed by atoms with van der Waals surface area (Å²) in [4.78, 5) is 65.6. The van der Waals surface area contributed by atoms with E-state index in [0.717, 1.165) is 89.9 Å². The fraction of sp³-hybridized carbons (Fsp3) is 0.615. The first kappa shape index (κ1) is 53.2. The van der Waals surface area contributed by atoms with Crippen LogP contribution < -0.4 is 14.8 Å². The zero-order chi connectivity index (χ0) is 53.6. The average Bonchev–Trinajstić information content (AvgIpc) is 3.71. The lowest BCUT2D eigenvalue weighted by atomic mass is 9.33. The van der Waals surface area contributed by atoms with E-state index in [1.54, 1.807) is 0 Å². The van der Waals surface area contributed by atoms with Gasteiger partial charge >= 0.3 is 5.97 Å². The maximum Gasteiger partial charge on any atom is 0.302 e. The van der Waals surface area contributed by atoms with E-state index in [1.807, 2.05) is 28.0 Å². The summed E-state index contributed by atoms with van der Waals surface area (Å²) in [5, 5.41) is 2.03. The van der Waals surface area contributed by atoms with Crippen molar-refractivity contribution in [2.24, 2.45) is 56.7 Å². The van der Waals surface area contributed by atoms with Crippen molar-refractivity contribution in [2.45, 2.75) is 147 Å². The molecule has 8 aliphatic rings. The van der Waals surface area contributed by atoms with Gasteiger partial charge in [-0.2, -0.15) is 0 Å². The van der Waals surface area contributed by atoms with E-state index < -0.39 is 16.9 Å². The number of nitrogens with zero attached hydrogens (tertiary/aromatic N) is 4. The number of esters is 1. The second kappa shape index (κ2) is 19.6. The summed E-state index contributed by atoms with van der Waals surface area (Å²) >= 11 is 0. The smallest absolute Gasteiger partial charge is 0.302 e. The number of ether oxygens (including phenoxy) is 1. The van der Waals surface area contributed by atoms with Crippen LogP contribution in [0.4, 0.5) is 5.69 Å². The first-order valence-electron chi connectivity index (χ1n) is 29.2. The molecule has 0 N–H and O–H groups in total. The van der Waals surface area contributed by atoms with Crippen molar-refractivity contribution in [1.29, 1.82) is 0 Å². The van der Waals surface area contributed by atoms with Crippen LogP contribution in [0.3, 0.4) is 0 Å². The Morgan fingerprint density at radius 3 is 2.23 bits per heavy atom. The van der Waals surface area contributed by atoms with Gasteiger partial charge in [-0.1, -0.05) is 65.3 Å². The van der Waals surface area contributed by atoms with Gasteiger partial charge in [0.1, 0.15) is 30.5 Å². The van der Waals surface area contributed by atoms with Gasteiger partial charge < -0.3 is 23.9 Å². The molecule has 10 nitrogen and oxygen atoms in total. The monoisotopic (exact) mass is 1020 g/mol. The van der Waals surface area contributed by atoms with Crippen LogP contribution in [0.25, 0.3) is 33.4 Å². The van der Waals surface area contributed by atoms with E-state index in [2.05, 4.69) is 134 Å². The molecular formula is C65H87N4O6+.